The van der Waals surface area contributed by atoms with Gasteiger partial charge in [-0.2, -0.15) is 4.31 Å². The first kappa shape index (κ1) is 13.4. The van der Waals surface area contributed by atoms with E-state index in [0.29, 0.717) is 0 Å². The Bertz CT molecular complexity index is 480. The van der Waals surface area contributed by atoms with Crippen LogP contribution in [0.15, 0.2) is 32.7 Å². The summed E-state index contributed by atoms with van der Waals surface area (Å²) in [5.74, 6) is 0.192. The van der Waals surface area contributed by atoms with Gasteiger partial charge in [0.1, 0.15) is 17.3 Å². The van der Waals surface area contributed by atoms with Gasteiger partial charge in [0.2, 0.25) is 10.0 Å². The van der Waals surface area contributed by atoms with Crippen molar-refractivity contribution in [2.75, 3.05) is 13.6 Å². The molecule has 0 radical (unpaired) electrons. The van der Waals surface area contributed by atoms with E-state index >= 15 is 0 Å². The Labute approximate surface area is 103 Å². The molecule has 0 aliphatic heterocycles. The molecule has 5 nitrogen and oxygen atoms in total. The quantitative estimate of drug-likeness (QED) is 0.833. The lowest BCUT2D eigenvalue weighted by Crippen LogP contribution is -2.26. The van der Waals surface area contributed by atoms with Crippen LogP contribution in [0.4, 0.5) is 0 Å². The second-order valence-electron chi connectivity index (χ2n) is 3.08. The molecule has 0 aliphatic rings. The zero-order valence-corrected chi connectivity index (χ0v) is 11.1. The van der Waals surface area contributed by atoms with E-state index in [1.54, 1.807) is 0 Å². The number of sulfonamides is 1. The highest BCUT2D eigenvalue weighted by molar-refractivity contribution is 9.10. The van der Waals surface area contributed by atoms with Crippen molar-refractivity contribution in [3.63, 3.8) is 0 Å². The van der Waals surface area contributed by atoms with Crippen molar-refractivity contribution < 1.29 is 17.9 Å². The predicted octanol–water partition coefficient (Wildman–Crippen LogP) is 1.34. The molecule has 1 heterocycles. The van der Waals surface area contributed by atoms with E-state index in [4.69, 9.17) is 9.52 Å². The second-order valence-corrected chi connectivity index (χ2v) is 5.82. The first-order chi connectivity index (χ1) is 7.43. The summed E-state index contributed by atoms with van der Waals surface area (Å²) in [6.45, 7) is 3.33. The lowest BCUT2D eigenvalue weighted by molar-refractivity contribution is 0.245. The molecule has 0 unspecified atom stereocenters. The van der Waals surface area contributed by atoms with Gasteiger partial charge in [0.15, 0.2) is 4.67 Å². The summed E-state index contributed by atoms with van der Waals surface area (Å²) in [5.41, 5.74) is 0. The third-order valence-electron chi connectivity index (χ3n) is 1.94. The topological polar surface area (TPSA) is 70.8 Å². The summed E-state index contributed by atoms with van der Waals surface area (Å²) in [6, 6.07) is 1.29. The lowest BCUT2D eigenvalue weighted by Gasteiger charge is -2.13. The monoisotopic (exact) mass is 309 g/mol. The van der Waals surface area contributed by atoms with E-state index in [9.17, 15) is 8.42 Å². The van der Waals surface area contributed by atoms with E-state index in [1.807, 2.05) is 0 Å². The fourth-order valence-electron chi connectivity index (χ4n) is 1.10. The average Bonchev–Trinajstić information content (AvgIpc) is 2.60. The molecule has 90 valence electrons. The van der Waals surface area contributed by atoms with Gasteiger partial charge in [0.25, 0.3) is 0 Å². The fraction of sp³-hybridized carbons (Fsp3) is 0.333. The first-order valence-corrected chi connectivity index (χ1v) is 6.63. The van der Waals surface area contributed by atoms with Gasteiger partial charge < -0.3 is 9.52 Å². The highest BCUT2D eigenvalue weighted by Crippen LogP contribution is 2.28. The molecule has 0 amide bonds. The molecule has 0 saturated heterocycles. The minimum atomic E-state index is -3.61. The number of rotatable bonds is 5. The maximum atomic E-state index is 12.0. The van der Waals surface area contributed by atoms with Crippen molar-refractivity contribution in [1.82, 2.24) is 4.31 Å². The summed E-state index contributed by atoms with van der Waals surface area (Å²) in [6.07, 6.45) is 1.48. The summed E-state index contributed by atoms with van der Waals surface area (Å²) in [5, 5.41) is 8.84. The van der Waals surface area contributed by atoms with Crippen molar-refractivity contribution in [3.05, 3.63) is 29.2 Å². The van der Waals surface area contributed by atoms with Gasteiger partial charge in [0, 0.05) is 19.7 Å². The summed E-state index contributed by atoms with van der Waals surface area (Å²) in [7, 11) is -2.17. The zero-order valence-electron chi connectivity index (χ0n) is 8.68. The van der Waals surface area contributed by atoms with E-state index in [-0.39, 0.29) is 28.5 Å². The van der Waals surface area contributed by atoms with E-state index in [0.717, 1.165) is 4.31 Å². The van der Waals surface area contributed by atoms with Crippen LogP contribution in [0.3, 0.4) is 0 Å². The third-order valence-corrected chi connectivity index (χ3v) is 4.62. The van der Waals surface area contributed by atoms with Crippen LogP contribution in [0.5, 0.6) is 0 Å². The Balaban J connectivity index is 3.16. The Hall–Kier alpha value is -0.630. The fourth-order valence-corrected chi connectivity index (χ4v) is 3.20. The SMILES string of the molecule is C=CCN(C)S(=O)(=O)c1cc(CO)oc1Br. The van der Waals surface area contributed by atoms with Crippen molar-refractivity contribution in [2.45, 2.75) is 11.5 Å². The van der Waals surface area contributed by atoms with Gasteiger partial charge in [-0.1, -0.05) is 6.08 Å². The van der Waals surface area contributed by atoms with Gasteiger partial charge in [0.05, 0.1) is 0 Å². The molecule has 0 atom stereocenters. The van der Waals surface area contributed by atoms with E-state index in [2.05, 4.69) is 22.5 Å². The third kappa shape index (κ3) is 2.54. The largest absolute Gasteiger partial charge is 0.450 e. The van der Waals surface area contributed by atoms with Crippen LogP contribution < -0.4 is 0 Å². The van der Waals surface area contributed by atoms with E-state index < -0.39 is 10.0 Å². The molecule has 0 bridgehead atoms. The smallest absolute Gasteiger partial charge is 0.247 e. The number of likely N-dealkylation sites (N-methyl/N-ethyl adjacent to an activating group) is 1. The molecule has 1 rings (SSSR count). The number of aliphatic hydroxyl groups excluding tert-OH is 1. The molecule has 0 fully saturated rings. The van der Waals surface area contributed by atoms with Crippen LogP contribution in [-0.2, 0) is 16.6 Å². The number of furan rings is 1. The maximum absolute atomic E-state index is 12.0. The Morgan fingerprint density at radius 3 is 2.75 bits per heavy atom. The van der Waals surface area contributed by atoms with Gasteiger partial charge in [-0.3, -0.25) is 0 Å². The summed E-state index contributed by atoms with van der Waals surface area (Å²) >= 11 is 3.00. The molecule has 0 saturated carbocycles. The predicted molar refractivity (Wildman–Crippen MR) is 62.3 cm³/mol. The molecule has 1 N–H and O–H groups in total. The number of hydrogen-bond acceptors (Lipinski definition) is 4. The average molecular weight is 310 g/mol. The van der Waals surface area contributed by atoms with Crippen LogP contribution in [0.1, 0.15) is 5.76 Å². The number of aliphatic hydroxyl groups is 1. The van der Waals surface area contributed by atoms with Crippen LogP contribution in [0.2, 0.25) is 0 Å². The molecule has 1 aromatic rings. The Kier molecular flexibility index (Phi) is 4.31. The number of nitrogens with zero attached hydrogens (tertiary/aromatic N) is 1. The number of halogens is 1. The summed E-state index contributed by atoms with van der Waals surface area (Å²) in [4.78, 5) is 0.000833. The van der Waals surface area contributed by atoms with Crippen LogP contribution in [0, 0.1) is 0 Å². The zero-order chi connectivity index (χ0) is 12.3. The van der Waals surface area contributed by atoms with Gasteiger partial charge >= 0.3 is 0 Å². The van der Waals surface area contributed by atoms with Crippen LogP contribution in [-0.4, -0.2) is 31.4 Å². The van der Waals surface area contributed by atoms with Crippen molar-refractivity contribution in [2.24, 2.45) is 0 Å². The van der Waals surface area contributed by atoms with Gasteiger partial charge in [-0.05, 0) is 15.9 Å². The lowest BCUT2D eigenvalue weighted by atomic mass is 10.5. The highest BCUT2D eigenvalue weighted by atomic mass is 79.9. The van der Waals surface area contributed by atoms with Crippen molar-refractivity contribution in [3.8, 4) is 0 Å². The molecule has 0 spiro atoms. The molecule has 16 heavy (non-hydrogen) atoms. The van der Waals surface area contributed by atoms with Crippen molar-refractivity contribution in [1.29, 1.82) is 0 Å². The standard InChI is InChI=1S/C9H12BrNO4S/c1-3-4-11(2)16(13,14)8-5-7(6-12)15-9(8)10/h3,5,12H,1,4,6H2,2H3. The van der Waals surface area contributed by atoms with Gasteiger partial charge in [-0.25, -0.2) is 8.42 Å². The van der Waals surface area contributed by atoms with Gasteiger partial charge in [-0.15, -0.1) is 6.58 Å². The first-order valence-electron chi connectivity index (χ1n) is 4.39. The normalized spacial score (nSPS) is 12.0. The molecule has 7 heteroatoms. The minimum absolute atomic E-state index is 0.000833. The minimum Gasteiger partial charge on any atom is -0.450 e. The molecule has 1 aromatic heterocycles. The molecule has 0 aliphatic carbocycles. The van der Waals surface area contributed by atoms with Crippen molar-refractivity contribution >= 4 is 26.0 Å². The summed E-state index contributed by atoms with van der Waals surface area (Å²) < 4.78 is 30.2. The second kappa shape index (κ2) is 5.13. The van der Waals surface area contributed by atoms with E-state index in [1.165, 1.54) is 19.2 Å². The molecule has 0 aromatic carbocycles. The molecular weight excluding hydrogens is 298 g/mol. The molecular formula is C9H12BrNO4S. The highest BCUT2D eigenvalue weighted by Gasteiger charge is 2.26. The Morgan fingerprint density at radius 1 is 1.69 bits per heavy atom. The van der Waals surface area contributed by atoms with Crippen LogP contribution in [0.25, 0.3) is 0 Å². The maximum Gasteiger partial charge on any atom is 0.247 e. The van der Waals surface area contributed by atoms with Crippen LogP contribution >= 0.6 is 15.9 Å². The Morgan fingerprint density at radius 2 is 2.31 bits per heavy atom. The number of hydrogen-bond donors (Lipinski definition) is 1.